The Hall–Kier alpha value is -1.05. The summed E-state index contributed by atoms with van der Waals surface area (Å²) in [5.74, 6) is -0.0497. The van der Waals surface area contributed by atoms with Crippen LogP contribution in [0.25, 0.3) is 0 Å². The Bertz CT molecular complexity index is 535. The number of nitrogens with zero attached hydrogens (tertiary/aromatic N) is 1. The normalized spacial score (nSPS) is 12.7. The van der Waals surface area contributed by atoms with E-state index in [0.717, 1.165) is 0 Å². The molecule has 1 unspecified atom stereocenters. The third kappa shape index (κ3) is 3.04. The van der Waals surface area contributed by atoms with Gasteiger partial charge in [0.2, 0.25) is 0 Å². The Morgan fingerprint density at radius 2 is 2.06 bits per heavy atom. The van der Waals surface area contributed by atoms with Gasteiger partial charge in [0.05, 0.1) is 0 Å². The molecule has 0 bridgehead atoms. The minimum Gasteiger partial charge on any atom is -0.434 e. The van der Waals surface area contributed by atoms with Crippen LogP contribution in [-0.4, -0.2) is 16.7 Å². The maximum atomic E-state index is 12.2. The number of halogens is 3. The fraction of sp³-hybridized carbons (Fsp3) is 0.182. The van der Waals surface area contributed by atoms with Crippen molar-refractivity contribution >= 4 is 27.3 Å². The van der Waals surface area contributed by atoms with E-state index in [4.69, 9.17) is 0 Å². The molecule has 0 spiro atoms. The summed E-state index contributed by atoms with van der Waals surface area (Å²) in [6.07, 6.45) is -1.09. The number of hydrogen-bond acceptors (Lipinski definition) is 4. The minimum atomic E-state index is -2.93. The molecule has 2 aromatic rings. The third-order valence-electron chi connectivity index (χ3n) is 2.16. The average Bonchev–Trinajstić information content (AvgIpc) is 2.75. The van der Waals surface area contributed by atoms with E-state index in [-0.39, 0.29) is 11.3 Å². The molecule has 0 saturated carbocycles. The van der Waals surface area contributed by atoms with Gasteiger partial charge in [0.1, 0.15) is 21.5 Å². The van der Waals surface area contributed by atoms with Crippen LogP contribution in [0.3, 0.4) is 0 Å². The van der Waals surface area contributed by atoms with Crippen LogP contribution in [0.1, 0.15) is 16.7 Å². The molecule has 1 aromatic carbocycles. The first-order valence-corrected chi connectivity index (χ1v) is 6.58. The van der Waals surface area contributed by atoms with E-state index in [0.29, 0.717) is 9.61 Å². The molecule has 0 aliphatic rings. The second kappa shape index (κ2) is 5.73. The van der Waals surface area contributed by atoms with E-state index in [1.54, 1.807) is 17.5 Å². The molecule has 0 radical (unpaired) electrons. The van der Waals surface area contributed by atoms with Crippen molar-refractivity contribution in [3.8, 4) is 5.75 Å². The molecule has 0 aliphatic carbocycles. The van der Waals surface area contributed by atoms with E-state index >= 15 is 0 Å². The van der Waals surface area contributed by atoms with Crippen LogP contribution >= 0.6 is 27.3 Å². The van der Waals surface area contributed by atoms with Crippen molar-refractivity contribution in [1.82, 2.24) is 4.98 Å². The first-order valence-electron chi connectivity index (χ1n) is 4.90. The van der Waals surface area contributed by atoms with Gasteiger partial charge in [-0.05, 0) is 22.0 Å². The lowest BCUT2D eigenvalue weighted by molar-refractivity contribution is -0.0512. The molecule has 0 saturated heterocycles. The van der Waals surface area contributed by atoms with Gasteiger partial charge in [-0.25, -0.2) is 4.98 Å². The number of thiazole rings is 1. The standard InChI is InChI=1S/C11H8BrF2NO2S/c12-8-5-18-10(15-8)9(16)6-3-1-2-4-7(6)17-11(13)14/h1-5,9,11,16H. The zero-order valence-corrected chi connectivity index (χ0v) is 11.3. The van der Waals surface area contributed by atoms with Gasteiger partial charge >= 0.3 is 6.61 Å². The summed E-state index contributed by atoms with van der Waals surface area (Å²) in [7, 11) is 0. The van der Waals surface area contributed by atoms with Crippen LogP contribution in [0, 0.1) is 0 Å². The summed E-state index contributed by atoms with van der Waals surface area (Å²) in [4.78, 5) is 4.05. The summed E-state index contributed by atoms with van der Waals surface area (Å²) in [6, 6.07) is 6.11. The Morgan fingerprint density at radius 1 is 1.33 bits per heavy atom. The minimum absolute atomic E-state index is 0.0497. The maximum Gasteiger partial charge on any atom is 0.387 e. The SMILES string of the molecule is OC(c1nc(Br)cs1)c1ccccc1OC(F)F. The summed E-state index contributed by atoms with van der Waals surface area (Å²) in [6.45, 7) is -2.93. The Kier molecular flexibility index (Phi) is 4.26. The molecule has 0 aliphatic heterocycles. The van der Waals surface area contributed by atoms with E-state index in [2.05, 4.69) is 25.7 Å². The van der Waals surface area contributed by atoms with Crippen molar-refractivity contribution in [3.63, 3.8) is 0 Å². The van der Waals surface area contributed by atoms with Crippen molar-refractivity contribution in [2.24, 2.45) is 0 Å². The summed E-state index contributed by atoms with van der Waals surface area (Å²) in [5.41, 5.74) is 0.264. The number of aliphatic hydroxyl groups is 1. The smallest absolute Gasteiger partial charge is 0.387 e. The molecule has 96 valence electrons. The zero-order valence-electron chi connectivity index (χ0n) is 8.89. The van der Waals surface area contributed by atoms with Gasteiger partial charge in [0.25, 0.3) is 0 Å². The highest BCUT2D eigenvalue weighted by Crippen LogP contribution is 2.32. The topological polar surface area (TPSA) is 42.4 Å². The van der Waals surface area contributed by atoms with E-state index in [1.807, 2.05) is 0 Å². The largest absolute Gasteiger partial charge is 0.434 e. The average molecular weight is 336 g/mol. The fourth-order valence-corrected chi connectivity index (χ4v) is 2.70. The number of alkyl halides is 2. The van der Waals surface area contributed by atoms with Crippen molar-refractivity contribution in [2.75, 3.05) is 0 Å². The molecule has 1 atom stereocenters. The highest BCUT2D eigenvalue weighted by molar-refractivity contribution is 9.10. The predicted molar refractivity (Wildman–Crippen MR) is 66.9 cm³/mol. The van der Waals surface area contributed by atoms with Gasteiger partial charge in [-0.1, -0.05) is 18.2 Å². The van der Waals surface area contributed by atoms with Gasteiger partial charge in [0.15, 0.2) is 0 Å². The van der Waals surface area contributed by atoms with Crippen LogP contribution in [0.4, 0.5) is 8.78 Å². The Morgan fingerprint density at radius 3 is 2.67 bits per heavy atom. The number of para-hydroxylation sites is 1. The quantitative estimate of drug-likeness (QED) is 0.928. The van der Waals surface area contributed by atoms with Crippen molar-refractivity contribution in [1.29, 1.82) is 0 Å². The first kappa shape index (κ1) is 13.4. The molecule has 1 N–H and O–H groups in total. The lowest BCUT2D eigenvalue weighted by Crippen LogP contribution is -2.07. The van der Waals surface area contributed by atoms with Crippen molar-refractivity contribution in [2.45, 2.75) is 12.7 Å². The Balaban J connectivity index is 2.32. The van der Waals surface area contributed by atoms with Crippen LogP contribution in [0.5, 0.6) is 5.75 Å². The highest BCUT2D eigenvalue weighted by Gasteiger charge is 2.20. The fourth-order valence-electron chi connectivity index (χ4n) is 1.44. The lowest BCUT2D eigenvalue weighted by Gasteiger charge is -2.13. The van der Waals surface area contributed by atoms with E-state index in [1.165, 1.54) is 23.5 Å². The third-order valence-corrected chi connectivity index (χ3v) is 3.76. The van der Waals surface area contributed by atoms with Crippen LogP contribution < -0.4 is 4.74 Å². The van der Waals surface area contributed by atoms with Crippen LogP contribution in [0.15, 0.2) is 34.2 Å². The molecule has 18 heavy (non-hydrogen) atoms. The molecule has 1 aromatic heterocycles. The highest BCUT2D eigenvalue weighted by atomic mass is 79.9. The van der Waals surface area contributed by atoms with Gasteiger partial charge in [-0.15, -0.1) is 11.3 Å². The maximum absolute atomic E-state index is 12.2. The second-order valence-corrected chi connectivity index (χ2v) is 5.03. The number of ether oxygens (including phenoxy) is 1. The zero-order chi connectivity index (χ0) is 13.1. The van der Waals surface area contributed by atoms with Crippen LogP contribution in [0.2, 0.25) is 0 Å². The molecule has 3 nitrogen and oxygen atoms in total. The van der Waals surface area contributed by atoms with Gasteiger partial charge < -0.3 is 9.84 Å². The number of benzene rings is 1. The lowest BCUT2D eigenvalue weighted by atomic mass is 10.1. The molecule has 0 amide bonds. The van der Waals surface area contributed by atoms with Gasteiger partial charge in [-0.3, -0.25) is 0 Å². The van der Waals surface area contributed by atoms with Crippen molar-refractivity contribution in [3.05, 3.63) is 44.8 Å². The number of rotatable bonds is 4. The predicted octanol–water partition coefficient (Wildman–Crippen LogP) is 3.59. The summed E-state index contributed by atoms with van der Waals surface area (Å²) >= 11 is 4.40. The number of aliphatic hydroxyl groups excluding tert-OH is 1. The summed E-state index contributed by atoms with van der Waals surface area (Å²) in [5, 5.41) is 12.2. The number of aromatic nitrogens is 1. The van der Waals surface area contributed by atoms with Crippen LogP contribution in [-0.2, 0) is 0 Å². The molecule has 1 heterocycles. The molecule has 7 heteroatoms. The van der Waals surface area contributed by atoms with Gasteiger partial charge in [-0.2, -0.15) is 8.78 Å². The molecule has 0 fully saturated rings. The molecular weight excluding hydrogens is 328 g/mol. The second-order valence-electron chi connectivity index (χ2n) is 3.33. The van der Waals surface area contributed by atoms with Gasteiger partial charge in [0, 0.05) is 10.9 Å². The molecular formula is C11H8BrF2NO2S. The first-order chi connectivity index (χ1) is 8.58. The van der Waals surface area contributed by atoms with E-state index < -0.39 is 12.7 Å². The Labute approximate surface area is 114 Å². The summed E-state index contributed by atoms with van der Waals surface area (Å²) < 4.78 is 29.5. The van der Waals surface area contributed by atoms with E-state index in [9.17, 15) is 13.9 Å². The monoisotopic (exact) mass is 335 g/mol. The van der Waals surface area contributed by atoms with Crippen molar-refractivity contribution < 1.29 is 18.6 Å². The number of hydrogen-bond donors (Lipinski definition) is 1. The molecule has 2 rings (SSSR count).